The number of nitrogens with zero attached hydrogens (tertiary/aromatic N) is 4. The Morgan fingerprint density at radius 3 is 2.45 bits per heavy atom. The number of aliphatic carboxylic acids is 1. The highest BCUT2D eigenvalue weighted by Crippen LogP contribution is 2.41. The third kappa shape index (κ3) is 6.69. The smallest absolute Gasteiger partial charge is 0.434 e. The Labute approximate surface area is 230 Å². The zero-order chi connectivity index (χ0) is 29.3. The predicted octanol–water partition coefficient (Wildman–Crippen LogP) is 6.42. The first-order chi connectivity index (χ1) is 18.7. The lowest BCUT2D eigenvalue weighted by molar-refractivity contribution is -0.157. The van der Waals surface area contributed by atoms with Crippen molar-refractivity contribution in [2.45, 2.75) is 64.8 Å². The Balaban J connectivity index is 1.54. The summed E-state index contributed by atoms with van der Waals surface area (Å²) in [6.45, 7) is 8.38. The molecule has 0 saturated heterocycles. The number of carboxylic acid groups (broad SMARTS) is 1. The SMILES string of the molecule is Cc1cc(OCC2(C(=O)O)CCC2)ncc1-c1cnc(-c2nc(C(F)(F)F)cn2COCC[Si](C)(C)C)c(F)c1. The monoisotopic (exact) mass is 580 g/mol. The summed E-state index contributed by atoms with van der Waals surface area (Å²) in [4.78, 5) is 23.5. The van der Waals surface area contributed by atoms with Crippen LogP contribution in [-0.2, 0) is 22.4 Å². The molecule has 40 heavy (non-hydrogen) atoms. The number of alkyl halides is 3. The molecule has 1 aliphatic rings. The van der Waals surface area contributed by atoms with Crippen molar-refractivity contribution in [3.8, 4) is 28.5 Å². The number of carbonyl (C=O) groups is 1. The van der Waals surface area contributed by atoms with Crippen molar-refractivity contribution in [2.24, 2.45) is 5.41 Å². The summed E-state index contributed by atoms with van der Waals surface area (Å²) in [7, 11) is -1.41. The molecule has 0 bridgehead atoms. The van der Waals surface area contributed by atoms with Crippen LogP contribution in [0.15, 0.2) is 30.7 Å². The van der Waals surface area contributed by atoms with Crippen LogP contribution in [0.2, 0.25) is 25.7 Å². The summed E-state index contributed by atoms with van der Waals surface area (Å²) in [5.74, 6) is -1.79. The minimum Gasteiger partial charge on any atom is -0.481 e. The lowest BCUT2D eigenvalue weighted by Crippen LogP contribution is -2.43. The number of aryl methyl sites for hydroxylation is 1. The number of halogens is 4. The van der Waals surface area contributed by atoms with E-state index in [1.165, 1.54) is 18.5 Å². The van der Waals surface area contributed by atoms with Gasteiger partial charge in [0.05, 0.1) is 0 Å². The molecule has 8 nitrogen and oxygen atoms in total. The molecule has 1 fully saturated rings. The fourth-order valence-electron chi connectivity index (χ4n) is 4.28. The van der Waals surface area contributed by atoms with Crippen LogP contribution in [0.5, 0.6) is 5.88 Å². The van der Waals surface area contributed by atoms with Gasteiger partial charge in [0, 0.05) is 50.5 Å². The standard InChI is InChI=1S/C27H32F4N4O4Si/c1-17-10-22(39-15-26(25(36)37)6-5-7-26)32-13-19(17)18-11-20(28)23(33-12-18)24-34-21(27(29,30)31)14-35(24)16-38-8-9-40(2,3)4/h10-14H,5-9,15-16H2,1-4H3,(H,36,37). The number of hydrogen-bond acceptors (Lipinski definition) is 6. The Bertz CT molecular complexity index is 1380. The van der Waals surface area contributed by atoms with Gasteiger partial charge in [-0.1, -0.05) is 26.1 Å². The molecule has 3 heterocycles. The van der Waals surface area contributed by atoms with Gasteiger partial charge in [0.15, 0.2) is 17.3 Å². The van der Waals surface area contributed by atoms with Gasteiger partial charge in [-0.15, -0.1) is 0 Å². The van der Waals surface area contributed by atoms with Crippen molar-refractivity contribution in [1.82, 2.24) is 19.5 Å². The molecule has 0 unspecified atom stereocenters. The molecule has 3 aromatic heterocycles. The van der Waals surface area contributed by atoms with Gasteiger partial charge in [-0.05, 0) is 37.4 Å². The molecule has 13 heteroatoms. The van der Waals surface area contributed by atoms with E-state index in [4.69, 9.17) is 9.47 Å². The molecule has 1 N–H and O–H groups in total. The second-order valence-electron chi connectivity index (χ2n) is 11.4. The Morgan fingerprint density at radius 1 is 1.18 bits per heavy atom. The zero-order valence-corrected chi connectivity index (χ0v) is 23.8. The molecule has 0 spiro atoms. The van der Waals surface area contributed by atoms with E-state index >= 15 is 4.39 Å². The van der Waals surface area contributed by atoms with Gasteiger partial charge >= 0.3 is 12.1 Å². The van der Waals surface area contributed by atoms with Crippen LogP contribution in [0.25, 0.3) is 22.6 Å². The number of pyridine rings is 2. The molecule has 216 valence electrons. The second kappa shape index (κ2) is 11.3. The molecule has 0 aliphatic heterocycles. The predicted molar refractivity (Wildman–Crippen MR) is 142 cm³/mol. The summed E-state index contributed by atoms with van der Waals surface area (Å²) in [5, 5.41) is 9.47. The maximum absolute atomic E-state index is 15.3. The summed E-state index contributed by atoms with van der Waals surface area (Å²) in [5.41, 5.74) is -0.820. The van der Waals surface area contributed by atoms with E-state index in [2.05, 4.69) is 34.6 Å². The van der Waals surface area contributed by atoms with Crippen LogP contribution in [0.4, 0.5) is 17.6 Å². The number of imidazole rings is 1. The molecule has 4 rings (SSSR count). The maximum atomic E-state index is 15.3. The average molecular weight is 581 g/mol. The van der Waals surface area contributed by atoms with E-state index in [-0.39, 0.29) is 30.7 Å². The first-order valence-corrected chi connectivity index (χ1v) is 16.6. The highest BCUT2D eigenvalue weighted by Gasteiger charge is 2.45. The largest absolute Gasteiger partial charge is 0.481 e. The third-order valence-electron chi connectivity index (χ3n) is 7.00. The average Bonchev–Trinajstić information content (AvgIpc) is 3.25. The summed E-state index contributed by atoms with van der Waals surface area (Å²) in [6.07, 6.45) is 0.806. The van der Waals surface area contributed by atoms with Gasteiger partial charge in [-0.2, -0.15) is 13.2 Å². The van der Waals surface area contributed by atoms with Gasteiger partial charge in [-0.25, -0.2) is 19.3 Å². The van der Waals surface area contributed by atoms with Crippen molar-refractivity contribution in [1.29, 1.82) is 0 Å². The molecule has 3 aromatic rings. The molecule has 0 radical (unpaired) electrons. The number of rotatable bonds is 11. The van der Waals surface area contributed by atoms with E-state index in [0.717, 1.165) is 23.2 Å². The number of ether oxygens (including phenoxy) is 2. The number of carboxylic acids is 1. The topological polar surface area (TPSA) is 99.4 Å². The zero-order valence-electron chi connectivity index (χ0n) is 22.8. The highest BCUT2D eigenvalue weighted by atomic mass is 28.3. The van der Waals surface area contributed by atoms with Crippen molar-refractivity contribution in [3.05, 3.63) is 47.8 Å². The summed E-state index contributed by atoms with van der Waals surface area (Å²) < 4.78 is 67.9. The van der Waals surface area contributed by atoms with Crippen molar-refractivity contribution in [2.75, 3.05) is 13.2 Å². The minimum absolute atomic E-state index is 0.00736. The highest BCUT2D eigenvalue weighted by molar-refractivity contribution is 6.76. The normalized spacial score (nSPS) is 15.1. The first kappa shape index (κ1) is 29.7. The lowest BCUT2D eigenvalue weighted by atomic mass is 9.69. The van der Waals surface area contributed by atoms with Crippen LogP contribution < -0.4 is 4.74 Å². The molecular formula is C27H32F4N4O4Si. The van der Waals surface area contributed by atoms with Gasteiger partial charge in [0.2, 0.25) is 5.88 Å². The summed E-state index contributed by atoms with van der Waals surface area (Å²) >= 11 is 0. The van der Waals surface area contributed by atoms with Crippen LogP contribution in [0.1, 0.15) is 30.5 Å². The summed E-state index contributed by atoms with van der Waals surface area (Å²) in [6, 6.07) is 3.61. The van der Waals surface area contributed by atoms with Gasteiger partial charge in [0.25, 0.3) is 0 Å². The quantitative estimate of drug-likeness (QED) is 0.159. The van der Waals surface area contributed by atoms with Crippen LogP contribution in [0.3, 0.4) is 0 Å². The van der Waals surface area contributed by atoms with Gasteiger partial charge in [-0.3, -0.25) is 4.79 Å². The molecule has 1 aliphatic carbocycles. The van der Waals surface area contributed by atoms with Crippen molar-refractivity contribution < 1.29 is 36.9 Å². The Morgan fingerprint density at radius 2 is 1.90 bits per heavy atom. The molecule has 0 atom stereocenters. The molecular weight excluding hydrogens is 548 g/mol. The van der Waals surface area contributed by atoms with E-state index in [1.54, 1.807) is 13.0 Å². The Kier molecular flexibility index (Phi) is 8.36. The fraction of sp³-hybridized carbons (Fsp3) is 0.481. The lowest BCUT2D eigenvalue weighted by Gasteiger charge is -2.36. The van der Waals surface area contributed by atoms with E-state index in [1.807, 2.05) is 0 Å². The maximum Gasteiger partial charge on any atom is 0.434 e. The van der Waals surface area contributed by atoms with E-state index in [9.17, 15) is 23.1 Å². The molecule has 1 saturated carbocycles. The number of hydrogen-bond donors (Lipinski definition) is 1. The van der Waals surface area contributed by atoms with Crippen LogP contribution in [-0.4, -0.2) is 51.9 Å². The fourth-order valence-corrected chi connectivity index (χ4v) is 5.03. The van der Waals surface area contributed by atoms with E-state index < -0.39 is 37.1 Å². The molecule has 0 amide bonds. The third-order valence-corrected chi connectivity index (χ3v) is 8.71. The second-order valence-corrected chi connectivity index (χ2v) is 17.0. The first-order valence-electron chi connectivity index (χ1n) is 12.9. The van der Waals surface area contributed by atoms with E-state index in [0.29, 0.717) is 36.1 Å². The van der Waals surface area contributed by atoms with Gasteiger partial charge in [0.1, 0.15) is 24.4 Å². The number of aromatic nitrogens is 4. The molecule has 0 aromatic carbocycles. The Hall–Kier alpha value is -3.32. The minimum atomic E-state index is -4.72. The van der Waals surface area contributed by atoms with Crippen LogP contribution >= 0.6 is 0 Å². The van der Waals surface area contributed by atoms with Crippen molar-refractivity contribution in [3.63, 3.8) is 0 Å². The van der Waals surface area contributed by atoms with Gasteiger partial charge < -0.3 is 19.1 Å². The van der Waals surface area contributed by atoms with Crippen LogP contribution in [0, 0.1) is 18.2 Å². The van der Waals surface area contributed by atoms with Crippen molar-refractivity contribution >= 4 is 14.0 Å².